The third kappa shape index (κ3) is 8.28. The predicted molar refractivity (Wildman–Crippen MR) is 248 cm³/mol. The second-order valence-corrected chi connectivity index (χ2v) is 18.2. The van der Waals surface area contributed by atoms with Crippen molar-refractivity contribution in [2.45, 2.75) is 86.0 Å². The van der Waals surface area contributed by atoms with Gasteiger partial charge in [-0.3, -0.25) is 9.55 Å². The number of hydrogen-bond acceptors (Lipinski definition) is 3. The fourth-order valence-corrected chi connectivity index (χ4v) is 8.09. The molecule has 8 aromatic rings. The first kappa shape index (κ1) is 41.2. The molecule has 6 aromatic carbocycles. The molecule has 60 heavy (non-hydrogen) atoms. The van der Waals surface area contributed by atoms with Crippen LogP contribution in [0.15, 0.2) is 134 Å². The Balaban J connectivity index is 0.00000561. The van der Waals surface area contributed by atoms with Crippen LogP contribution in [-0.2, 0) is 31.9 Å². The van der Waals surface area contributed by atoms with Crippen LogP contribution in [0.25, 0.3) is 72.7 Å². The topological polar surface area (TPSA) is 50.9 Å². The first-order chi connectivity index (χ1) is 28.4. The molecule has 0 saturated heterocycles. The number of imidazole rings is 1. The molecular weight excluding hydrogens is 914 g/mol. The summed E-state index contributed by atoms with van der Waals surface area (Å²) in [4.78, 5) is 10.4. The summed E-state index contributed by atoms with van der Waals surface area (Å²) in [6.07, 6.45) is 1.87. The Labute approximate surface area is 372 Å². The van der Waals surface area contributed by atoms with Crippen molar-refractivity contribution in [3.8, 4) is 67.5 Å². The normalized spacial score (nSPS) is 12.3. The zero-order chi connectivity index (χ0) is 42.7. The number of nitrogens with zero attached hydrogens (tertiary/aromatic N) is 3. The van der Waals surface area contributed by atoms with Gasteiger partial charge < -0.3 is 5.11 Å². The van der Waals surface area contributed by atoms with Gasteiger partial charge in [0.25, 0.3) is 0 Å². The first-order valence-electron chi connectivity index (χ1n) is 21.0. The van der Waals surface area contributed by atoms with Gasteiger partial charge in [-0.2, -0.15) is 0 Å². The van der Waals surface area contributed by atoms with Gasteiger partial charge in [0.05, 0.1) is 16.6 Å². The summed E-state index contributed by atoms with van der Waals surface area (Å²) in [7, 11) is 0. The zero-order valence-electron chi connectivity index (χ0n) is 37.3. The Morgan fingerprint density at radius 2 is 1.38 bits per heavy atom. The molecule has 0 unspecified atom stereocenters. The first-order valence-corrected chi connectivity index (χ1v) is 20.5. The van der Waals surface area contributed by atoms with E-state index < -0.39 is 5.89 Å². The maximum absolute atomic E-state index is 11.7. The number of aromatic nitrogens is 3. The molecule has 0 amide bonds. The molecule has 0 aliphatic rings. The van der Waals surface area contributed by atoms with Crippen LogP contribution in [0, 0.1) is 19.9 Å². The molecule has 0 aliphatic heterocycles. The van der Waals surface area contributed by atoms with E-state index in [9.17, 15) is 5.11 Å². The van der Waals surface area contributed by atoms with E-state index in [1.54, 1.807) is 0 Å². The number of fused-ring (bicyclic) bond motifs is 1. The summed E-state index contributed by atoms with van der Waals surface area (Å²) >= 11 is 0. The van der Waals surface area contributed by atoms with Crippen molar-refractivity contribution in [3.05, 3.63) is 167 Å². The SMILES string of the molecule is [2H]C(C)(C)c1ccc(-c2ccnc(-c3[c-]c(-c4cccc5c4nc(-c4cc(C)cc(C)c4O)n5-c4ccc(-c5ccccc5)c(C(C)(C)C)c4)cc(C(C)(C)C)c3)c2)cc1.[Pt]. The summed E-state index contributed by atoms with van der Waals surface area (Å²) in [5, 5.41) is 11.7. The molecule has 8 rings (SSSR count). The zero-order valence-corrected chi connectivity index (χ0v) is 38.6. The van der Waals surface area contributed by atoms with Crippen LogP contribution >= 0.6 is 0 Å². The number of aromatic hydroxyl groups is 1. The van der Waals surface area contributed by atoms with Gasteiger partial charge in [-0.1, -0.05) is 151 Å². The number of phenolic OH excluding ortho intramolecular Hbond substituents is 1. The molecule has 4 nitrogen and oxygen atoms in total. The maximum Gasteiger partial charge on any atom is 0.148 e. The van der Waals surface area contributed by atoms with Crippen LogP contribution in [0.1, 0.15) is 90.5 Å². The van der Waals surface area contributed by atoms with Crippen LogP contribution in [0.5, 0.6) is 5.75 Å². The molecule has 0 radical (unpaired) electrons. The predicted octanol–water partition coefficient (Wildman–Crippen LogP) is 14.6. The van der Waals surface area contributed by atoms with Gasteiger partial charge in [0.2, 0.25) is 0 Å². The van der Waals surface area contributed by atoms with Crippen molar-refractivity contribution < 1.29 is 27.5 Å². The van der Waals surface area contributed by atoms with E-state index in [-0.39, 0.29) is 37.6 Å². The van der Waals surface area contributed by atoms with Crippen LogP contribution in [0.2, 0.25) is 0 Å². The third-order valence-corrected chi connectivity index (χ3v) is 11.4. The molecule has 0 saturated carbocycles. The number of phenols is 1. The molecule has 306 valence electrons. The van der Waals surface area contributed by atoms with Crippen LogP contribution < -0.4 is 0 Å². The summed E-state index contributed by atoms with van der Waals surface area (Å²) in [6.45, 7) is 21.3. The minimum absolute atomic E-state index is 0. The average Bonchev–Trinajstić information content (AvgIpc) is 3.61. The molecule has 0 fully saturated rings. The molecule has 2 heterocycles. The number of para-hydroxylation sites is 1. The summed E-state index contributed by atoms with van der Waals surface area (Å²) in [5.41, 5.74) is 16.4. The van der Waals surface area contributed by atoms with Crippen molar-refractivity contribution in [1.82, 2.24) is 14.5 Å². The minimum Gasteiger partial charge on any atom is -0.507 e. The average molecular weight is 969 g/mol. The van der Waals surface area contributed by atoms with Gasteiger partial charge in [0.1, 0.15) is 11.6 Å². The molecule has 0 spiro atoms. The summed E-state index contributed by atoms with van der Waals surface area (Å²) in [5.74, 6) is 0.237. The van der Waals surface area contributed by atoms with Gasteiger partial charge >= 0.3 is 0 Å². The molecule has 2 aromatic heterocycles. The van der Waals surface area contributed by atoms with Gasteiger partial charge in [0.15, 0.2) is 0 Å². The molecule has 0 atom stereocenters. The molecular formula is C55H54N3OPt-. The Morgan fingerprint density at radius 3 is 2.07 bits per heavy atom. The number of aryl methyl sites for hydroxylation is 2. The Morgan fingerprint density at radius 1 is 0.667 bits per heavy atom. The van der Waals surface area contributed by atoms with E-state index in [2.05, 4.69) is 156 Å². The number of benzene rings is 6. The van der Waals surface area contributed by atoms with Crippen molar-refractivity contribution in [3.63, 3.8) is 0 Å². The number of hydrogen-bond donors (Lipinski definition) is 1. The summed E-state index contributed by atoms with van der Waals surface area (Å²) in [6, 6.07) is 48.3. The second kappa shape index (κ2) is 16.5. The fraction of sp³-hybridized carbons (Fsp3) is 0.236. The van der Waals surface area contributed by atoms with E-state index in [1.165, 1.54) is 16.7 Å². The van der Waals surface area contributed by atoms with Gasteiger partial charge in [-0.15, -0.1) is 29.3 Å². The van der Waals surface area contributed by atoms with Crippen LogP contribution in [-0.4, -0.2) is 19.6 Å². The largest absolute Gasteiger partial charge is 0.507 e. The minimum atomic E-state index is -0.665. The quantitative estimate of drug-likeness (QED) is 0.162. The molecule has 1 N–H and O–H groups in total. The van der Waals surface area contributed by atoms with E-state index in [0.717, 1.165) is 72.5 Å². The van der Waals surface area contributed by atoms with Crippen LogP contribution in [0.3, 0.4) is 0 Å². The van der Waals surface area contributed by atoms with Gasteiger partial charge in [0, 0.05) is 40.0 Å². The molecule has 5 heteroatoms. The number of rotatable bonds is 7. The third-order valence-electron chi connectivity index (χ3n) is 11.4. The fourth-order valence-electron chi connectivity index (χ4n) is 8.09. The van der Waals surface area contributed by atoms with Crippen LogP contribution in [0.4, 0.5) is 0 Å². The molecule has 0 aliphatic carbocycles. The summed E-state index contributed by atoms with van der Waals surface area (Å²) < 4.78 is 10.7. The smallest absolute Gasteiger partial charge is 0.148 e. The van der Waals surface area contributed by atoms with E-state index in [4.69, 9.17) is 11.3 Å². The number of pyridine rings is 1. The van der Waals surface area contributed by atoms with E-state index in [1.807, 2.05) is 57.3 Å². The van der Waals surface area contributed by atoms with E-state index >= 15 is 0 Å². The van der Waals surface area contributed by atoms with Gasteiger partial charge in [-0.25, -0.2) is 4.98 Å². The van der Waals surface area contributed by atoms with Gasteiger partial charge in [-0.05, 0) is 105 Å². The second-order valence-electron chi connectivity index (χ2n) is 18.2. The molecule has 0 bridgehead atoms. The van der Waals surface area contributed by atoms with Crippen molar-refractivity contribution in [1.29, 1.82) is 0 Å². The van der Waals surface area contributed by atoms with Crippen molar-refractivity contribution >= 4 is 11.0 Å². The Bertz CT molecular complexity index is 2890. The van der Waals surface area contributed by atoms with Crippen molar-refractivity contribution in [2.24, 2.45) is 0 Å². The Kier molecular flexibility index (Phi) is 11.3. The maximum atomic E-state index is 11.7. The van der Waals surface area contributed by atoms with E-state index in [0.29, 0.717) is 11.4 Å². The standard InChI is InChI=1S/C55H54N3O.Pt/c1-34(2)37-19-21-38(22-20-37)40-25-26-56-49(32-40)42-29-41(30-43(31-42)54(5,6)7)46-17-14-18-50-51(46)57-53(47-28-35(3)27-36(4)52(47)59)58(50)44-23-24-45(39-15-12-11-13-16-39)48(33-44)55(8,9)10;/h11-28,30-34,59H,1-10H3;/q-1;/i34D;. The Hall–Kier alpha value is -5.57. The van der Waals surface area contributed by atoms with Crippen molar-refractivity contribution in [2.75, 3.05) is 0 Å². The monoisotopic (exact) mass is 968 g/mol.